The molecule has 0 spiro atoms. The molecule has 3 N–H and O–H groups in total. The lowest BCUT2D eigenvalue weighted by atomic mass is 10.2. The fourth-order valence-corrected chi connectivity index (χ4v) is 1.76. The molecule has 0 radical (unpaired) electrons. The second-order valence-electron chi connectivity index (χ2n) is 2.90. The molecule has 1 amide bonds. The van der Waals surface area contributed by atoms with Crippen molar-refractivity contribution in [2.75, 3.05) is 12.7 Å². The number of amides is 1. The van der Waals surface area contributed by atoms with E-state index in [9.17, 15) is 9.36 Å². The highest BCUT2D eigenvalue weighted by Crippen LogP contribution is 2.36. The van der Waals surface area contributed by atoms with E-state index in [2.05, 4.69) is 11.9 Å². The number of carbonyl (C=O) groups is 1. The van der Waals surface area contributed by atoms with Crippen LogP contribution in [-0.4, -0.2) is 28.4 Å². The average molecular weight is 207 g/mol. The largest absolute Gasteiger partial charge is 0.352 e. The lowest BCUT2D eigenvalue weighted by molar-refractivity contribution is -0.116. The highest BCUT2D eigenvalue weighted by molar-refractivity contribution is 7.51. The zero-order valence-electron chi connectivity index (χ0n) is 7.43. The molecule has 0 saturated carbocycles. The molecule has 6 heteroatoms. The van der Waals surface area contributed by atoms with Crippen LogP contribution in [0.25, 0.3) is 0 Å². The maximum absolute atomic E-state index is 10.7. The number of hydrogen-bond acceptors (Lipinski definition) is 2. The second-order valence-corrected chi connectivity index (χ2v) is 4.60. The second kappa shape index (κ2) is 5.17. The van der Waals surface area contributed by atoms with Crippen LogP contribution in [-0.2, 0) is 9.36 Å². The predicted octanol–water partition coefficient (Wildman–Crippen LogP) is 0.102. The molecule has 0 fully saturated rings. The molecular weight excluding hydrogens is 193 g/mol. The van der Waals surface area contributed by atoms with Gasteiger partial charge in [0.05, 0.1) is 6.16 Å². The first-order valence-corrected chi connectivity index (χ1v) is 5.59. The number of hydrogen-bond donors (Lipinski definition) is 3. The summed E-state index contributed by atoms with van der Waals surface area (Å²) in [7, 11) is -3.97. The van der Waals surface area contributed by atoms with Gasteiger partial charge in [-0.3, -0.25) is 9.36 Å². The average Bonchev–Trinajstić information content (AvgIpc) is 1.97. The van der Waals surface area contributed by atoms with Crippen molar-refractivity contribution >= 4 is 13.5 Å². The van der Waals surface area contributed by atoms with Gasteiger partial charge in [-0.25, -0.2) is 0 Å². The molecular formula is C7H14NO4P. The third-order valence-electron chi connectivity index (χ3n) is 1.36. The maximum Gasteiger partial charge on any atom is 0.325 e. The first-order valence-electron chi connectivity index (χ1n) is 3.80. The molecule has 1 atom stereocenters. The molecule has 76 valence electrons. The minimum atomic E-state index is -3.97. The fraction of sp³-hybridized carbons (Fsp3) is 0.571. The van der Waals surface area contributed by atoms with Gasteiger partial charge in [0.2, 0.25) is 5.91 Å². The summed E-state index contributed by atoms with van der Waals surface area (Å²) in [5.74, 6) is -0.581. The van der Waals surface area contributed by atoms with Crippen LogP contribution < -0.4 is 5.32 Å². The van der Waals surface area contributed by atoms with E-state index < -0.39 is 7.60 Å². The van der Waals surface area contributed by atoms with Gasteiger partial charge >= 0.3 is 7.60 Å². The van der Waals surface area contributed by atoms with Crippen LogP contribution in [0.1, 0.15) is 6.92 Å². The molecule has 0 heterocycles. The Morgan fingerprint density at radius 2 is 2.23 bits per heavy atom. The zero-order valence-corrected chi connectivity index (χ0v) is 8.33. The quantitative estimate of drug-likeness (QED) is 0.441. The Balaban J connectivity index is 3.76. The van der Waals surface area contributed by atoms with Crippen molar-refractivity contribution in [3.8, 4) is 0 Å². The first kappa shape index (κ1) is 12.4. The van der Waals surface area contributed by atoms with E-state index in [-0.39, 0.29) is 24.5 Å². The standard InChI is InChI=1S/C7H14NO4P/c1-3-7(9)8-4-6(2)5-13(10,11)12/h3,6H,1,4-5H2,2H3,(H,8,9)(H2,10,11,12). The minimum absolute atomic E-state index is 0.218. The summed E-state index contributed by atoms with van der Waals surface area (Å²) in [6.45, 7) is 5.15. The van der Waals surface area contributed by atoms with Crippen molar-refractivity contribution < 1.29 is 19.1 Å². The van der Waals surface area contributed by atoms with E-state index >= 15 is 0 Å². The summed E-state index contributed by atoms with van der Waals surface area (Å²) in [5.41, 5.74) is 0. The molecule has 0 aliphatic carbocycles. The van der Waals surface area contributed by atoms with Crippen LogP contribution in [0.5, 0.6) is 0 Å². The summed E-state index contributed by atoms with van der Waals surface area (Å²) >= 11 is 0. The van der Waals surface area contributed by atoms with E-state index in [1.165, 1.54) is 0 Å². The van der Waals surface area contributed by atoms with Crippen LogP contribution >= 0.6 is 7.60 Å². The molecule has 0 aliphatic rings. The van der Waals surface area contributed by atoms with Crippen LogP contribution in [0.3, 0.4) is 0 Å². The Morgan fingerprint density at radius 1 is 1.69 bits per heavy atom. The van der Waals surface area contributed by atoms with Crippen LogP contribution in [0.2, 0.25) is 0 Å². The topological polar surface area (TPSA) is 86.6 Å². The van der Waals surface area contributed by atoms with Gasteiger partial charge in [-0.1, -0.05) is 13.5 Å². The van der Waals surface area contributed by atoms with Crippen molar-refractivity contribution in [2.24, 2.45) is 5.92 Å². The summed E-state index contributed by atoms with van der Waals surface area (Å²) in [6, 6.07) is 0. The van der Waals surface area contributed by atoms with Gasteiger partial charge < -0.3 is 15.1 Å². The molecule has 0 aromatic heterocycles. The van der Waals surface area contributed by atoms with Crippen molar-refractivity contribution in [1.82, 2.24) is 5.32 Å². The molecule has 0 aromatic carbocycles. The van der Waals surface area contributed by atoms with E-state index in [4.69, 9.17) is 9.79 Å². The van der Waals surface area contributed by atoms with Crippen LogP contribution in [0.4, 0.5) is 0 Å². The van der Waals surface area contributed by atoms with E-state index in [1.807, 2.05) is 0 Å². The van der Waals surface area contributed by atoms with E-state index in [1.54, 1.807) is 6.92 Å². The lowest BCUT2D eigenvalue weighted by Gasteiger charge is -2.12. The summed E-state index contributed by atoms with van der Waals surface area (Å²) in [5, 5.41) is 2.45. The predicted molar refractivity (Wildman–Crippen MR) is 49.3 cm³/mol. The van der Waals surface area contributed by atoms with Crippen LogP contribution in [0, 0.1) is 5.92 Å². The van der Waals surface area contributed by atoms with Gasteiger partial charge in [0.15, 0.2) is 0 Å². The normalized spacial score (nSPS) is 13.5. The Morgan fingerprint density at radius 3 is 2.62 bits per heavy atom. The van der Waals surface area contributed by atoms with E-state index in [0.29, 0.717) is 0 Å². The van der Waals surface area contributed by atoms with Gasteiger partial charge in [0.1, 0.15) is 0 Å². The third kappa shape index (κ3) is 7.71. The number of carbonyl (C=O) groups excluding carboxylic acids is 1. The summed E-state index contributed by atoms with van der Waals surface area (Å²) in [4.78, 5) is 27.8. The molecule has 1 unspecified atom stereocenters. The van der Waals surface area contributed by atoms with Crippen molar-refractivity contribution in [2.45, 2.75) is 6.92 Å². The molecule has 0 aliphatic heterocycles. The highest BCUT2D eigenvalue weighted by Gasteiger charge is 2.17. The molecule has 0 aromatic rings. The SMILES string of the molecule is C=CC(=O)NCC(C)CP(=O)(O)O. The maximum atomic E-state index is 10.7. The first-order chi connectivity index (χ1) is 5.85. The molecule has 0 saturated heterocycles. The Hall–Kier alpha value is -0.640. The van der Waals surface area contributed by atoms with Gasteiger partial charge in [-0.2, -0.15) is 0 Å². The Kier molecular flexibility index (Phi) is 4.91. The van der Waals surface area contributed by atoms with Crippen molar-refractivity contribution in [1.29, 1.82) is 0 Å². The fourth-order valence-electron chi connectivity index (χ4n) is 0.818. The third-order valence-corrected chi connectivity index (χ3v) is 2.46. The summed E-state index contributed by atoms with van der Waals surface area (Å²) < 4.78 is 10.5. The summed E-state index contributed by atoms with van der Waals surface area (Å²) in [6.07, 6.45) is 0.897. The molecule has 5 nitrogen and oxygen atoms in total. The van der Waals surface area contributed by atoms with E-state index in [0.717, 1.165) is 6.08 Å². The number of rotatable bonds is 5. The minimum Gasteiger partial charge on any atom is -0.352 e. The van der Waals surface area contributed by atoms with Crippen LogP contribution in [0.15, 0.2) is 12.7 Å². The zero-order chi connectivity index (χ0) is 10.5. The Labute approximate surface area is 77.0 Å². The molecule has 0 rings (SSSR count). The van der Waals surface area contributed by atoms with Gasteiger partial charge in [-0.05, 0) is 12.0 Å². The van der Waals surface area contributed by atoms with Gasteiger partial charge in [-0.15, -0.1) is 0 Å². The molecule has 13 heavy (non-hydrogen) atoms. The van der Waals surface area contributed by atoms with Gasteiger partial charge in [0.25, 0.3) is 0 Å². The molecule has 0 bridgehead atoms. The van der Waals surface area contributed by atoms with Crippen molar-refractivity contribution in [3.63, 3.8) is 0 Å². The Bertz CT molecular complexity index is 235. The monoisotopic (exact) mass is 207 g/mol. The van der Waals surface area contributed by atoms with Crippen molar-refractivity contribution in [3.05, 3.63) is 12.7 Å². The van der Waals surface area contributed by atoms with Gasteiger partial charge in [0, 0.05) is 6.54 Å². The lowest BCUT2D eigenvalue weighted by Crippen LogP contribution is -2.27. The smallest absolute Gasteiger partial charge is 0.325 e. The highest BCUT2D eigenvalue weighted by atomic mass is 31.2. The number of nitrogens with one attached hydrogen (secondary N) is 1.